The molecule has 4 heteroatoms. The quantitative estimate of drug-likeness (QED) is 0.626. The monoisotopic (exact) mass is 315 g/mol. The lowest BCUT2D eigenvalue weighted by Gasteiger charge is -2.15. The molecule has 0 amide bonds. The number of hydrogen-bond acceptors (Lipinski definition) is 2. The molecule has 0 bridgehead atoms. The molecule has 0 fully saturated rings. The number of nitrogens with zero attached hydrogens (tertiary/aromatic N) is 1. The highest BCUT2D eigenvalue weighted by molar-refractivity contribution is 6.31. The minimum atomic E-state index is -0.520. The van der Waals surface area contributed by atoms with E-state index in [9.17, 15) is 9.18 Å². The van der Waals surface area contributed by atoms with Crippen LogP contribution in [0.25, 0.3) is 0 Å². The second-order valence-corrected chi connectivity index (χ2v) is 5.73. The van der Waals surface area contributed by atoms with Crippen molar-refractivity contribution in [3.05, 3.63) is 82.1 Å². The van der Waals surface area contributed by atoms with E-state index in [4.69, 9.17) is 11.6 Å². The van der Waals surface area contributed by atoms with Crippen LogP contribution in [0.1, 0.15) is 21.5 Å². The largest absolute Gasteiger partial charge is 0.292 e. The van der Waals surface area contributed by atoms with Gasteiger partial charge in [-0.1, -0.05) is 42.0 Å². The fourth-order valence-corrected chi connectivity index (χ4v) is 2.70. The molecule has 0 saturated carbocycles. The van der Waals surface area contributed by atoms with E-state index in [1.807, 2.05) is 18.2 Å². The normalized spacial score (nSPS) is 14.5. The molecule has 1 aliphatic heterocycles. The molecule has 0 aromatic heterocycles. The number of rotatable bonds is 4. The van der Waals surface area contributed by atoms with Gasteiger partial charge in [-0.25, -0.2) is 4.39 Å². The Morgan fingerprint density at radius 2 is 1.82 bits per heavy atom. The van der Waals surface area contributed by atoms with Crippen LogP contribution in [0.2, 0.25) is 5.02 Å². The van der Waals surface area contributed by atoms with Crippen LogP contribution in [0.3, 0.4) is 0 Å². The van der Waals surface area contributed by atoms with Crippen LogP contribution in [-0.4, -0.2) is 23.8 Å². The van der Waals surface area contributed by atoms with Gasteiger partial charge in [-0.15, -0.1) is 0 Å². The molecule has 0 radical (unpaired) electrons. The lowest BCUT2D eigenvalue weighted by atomic mass is 10.0. The van der Waals surface area contributed by atoms with Gasteiger partial charge in [0, 0.05) is 30.8 Å². The molecule has 1 heterocycles. The van der Waals surface area contributed by atoms with Crippen molar-refractivity contribution >= 4 is 17.4 Å². The fraction of sp³-hybridized carbons (Fsp3) is 0.167. The van der Waals surface area contributed by atoms with Crippen molar-refractivity contribution in [2.45, 2.75) is 6.54 Å². The maximum atomic E-state index is 13.2. The summed E-state index contributed by atoms with van der Waals surface area (Å²) in [4.78, 5) is 14.8. The van der Waals surface area contributed by atoms with E-state index in [0.717, 1.165) is 25.2 Å². The first-order chi connectivity index (χ1) is 10.6. The summed E-state index contributed by atoms with van der Waals surface area (Å²) in [5, 5.41) is -0.0369. The van der Waals surface area contributed by atoms with E-state index in [1.54, 1.807) is 6.07 Å². The predicted octanol–water partition coefficient (Wildman–Crippen LogP) is 4.08. The molecule has 0 atom stereocenters. The molecule has 3 rings (SSSR count). The Balaban J connectivity index is 1.81. The second-order valence-electron chi connectivity index (χ2n) is 5.32. The lowest BCUT2D eigenvalue weighted by molar-refractivity contribution is 0.103. The number of ketones is 1. The minimum absolute atomic E-state index is 0.0369. The van der Waals surface area contributed by atoms with Gasteiger partial charge in [0.2, 0.25) is 0 Å². The highest BCUT2D eigenvalue weighted by Crippen LogP contribution is 2.19. The molecule has 0 N–H and O–H groups in total. The summed E-state index contributed by atoms with van der Waals surface area (Å²) in [7, 11) is 0. The van der Waals surface area contributed by atoms with Crippen LogP contribution in [-0.2, 0) is 6.54 Å². The first-order valence-electron chi connectivity index (χ1n) is 7.09. The zero-order chi connectivity index (χ0) is 15.5. The van der Waals surface area contributed by atoms with Crippen LogP contribution < -0.4 is 0 Å². The highest BCUT2D eigenvalue weighted by Gasteiger charge is 2.13. The zero-order valence-electron chi connectivity index (χ0n) is 11.9. The van der Waals surface area contributed by atoms with Crippen LogP contribution in [0.5, 0.6) is 0 Å². The molecule has 2 aromatic carbocycles. The standard InChI is InChI=1S/C18H15ClFNO/c19-16-11-15(6-7-17(16)20)18(22)14-5-3-4-13(10-14)12-21-8-1-2-9-21/h1-7,10-11H,8-9,12H2. The SMILES string of the molecule is O=C(c1cccc(CN2CC=CC2)c1)c1ccc(F)c(Cl)c1. The molecule has 0 unspecified atom stereocenters. The first-order valence-corrected chi connectivity index (χ1v) is 7.47. The van der Waals surface area contributed by atoms with E-state index in [1.165, 1.54) is 18.2 Å². The Kier molecular flexibility index (Phi) is 4.36. The van der Waals surface area contributed by atoms with Gasteiger partial charge in [0.05, 0.1) is 5.02 Å². The molecule has 112 valence electrons. The molecule has 2 aromatic rings. The predicted molar refractivity (Wildman–Crippen MR) is 85.7 cm³/mol. The summed E-state index contributed by atoms with van der Waals surface area (Å²) >= 11 is 5.75. The Hall–Kier alpha value is -1.97. The van der Waals surface area contributed by atoms with Crippen LogP contribution >= 0.6 is 11.6 Å². The van der Waals surface area contributed by atoms with E-state index < -0.39 is 5.82 Å². The van der Waals surface area contributed by atoms with Gasteiger partial charge in [0.1, 0.15) is 5.82 Å². The van der Waals surface area contributed by atoms with Crippen molar-refractivity contribution in [1.29, 1.82) is 0 Å². The van der Waals surface area contributed by atoms with Gasteiger partial charge in [0.15, 0.2) is 5.78 Å². The van der Waals surface area contributed by atoms with Gasteiger partial charge in [-0.2, -0.15) is 0 Å². The number of halogens is 2. The molecular weight excluding hydrogens is 301 g/mol. The average molecular weight is 316 g/mol. The van der Waals surface area contributed by atoms with E-state index in [2.05, 4.69) is 17.1 Å². The maximum absolute atomic E-state index is 13.2. The van der Waals surface area contributed by atoms with Crippen molar-refractivity contribution in [3.8, 4) is 0 Å². The molecule has 2 nitrogen and oxygen atoms in total. The number of benzene rings is 2. The highest BCUT2D eigenvalue weighted by atomic mass is 35.5. The summed E-state index contributed by atoms with van der Waals surface area (Å²) in [6, 6.07) is 11.6. The van der Waals surface area contributed by atoms with Crippen molar-refractivity contribution in [2.75, 3.05) is 13.1 Å². The van der Waals surface area contributed by atoms with E-state index in [-0.39, 0.29) is 10.8 Å². The Labute approximate surface area is 133 Å². The number of hydrogen-bond donors (Lipinski definition) is 0. The lowest BCUT2D eigenvalue weighted by Crippen LogP contribution is -2.19. The molecule has 0 saturated heterocycles. The average Bonchev–Trinajstić information content (AvgIpc) is 3.02. The number of carbonyl (C=O) groups is 1. The third-order valence-electron chi connectivity index (χ3n) is 3.67. The van der Waals surface area contributed by atoms with Gasteiger partial charge < -0.3 is 0 Å². The third kappa shape index (κ3) is 3.26. The number of carbonyl (C=O) groups excluding carboxylic acids is 1. The van der Waals surface area contributed by atoms with Crippen molar-refractivity contribution < 1.29 is 9.18 Å². The van der Waals surface area contributed by atoms with Crippen LogP contribution in [0, 0.1) is 5.82 Å². The van der Waals surface area contributed by atoms with Crippen molar-refractivity contribution in [3.63, 3.8) is 0 Å². The Morgan fingerprint density at radius 3 is 2.55 bits per heavy atom. The molecular formula is C18H15ClFNO. The van der Waals surface area contributed by atoms with Gasteiger partial charge in [0.25, 0.3) is 0 Å². The van der Waals surface area contributed by atoms with Crippen molar-refractivity contribution in [1.82, 2.24) is 4.90 Å². The Morgan fingerprint density at radius 1 is 1.09 bits per heavy atom. The topological polar surface area (TPSA) is 20.3 Å². The smallest absolute Gasteiger partial charge is 0.193 e. The summed E-state index contributed by atoms with van der Waals surface area (Å²) in [6.07, 6.45) is 4.27. The molecule has 22 heavy (non-hydrogen) atoms. The van der Waals surface area contributed by atoms with E-state index in [0.29, 0.717) is 11.1 Å². The summed E-state index contributed by atoms with van der Waals surface area (Å²) in [5.41, 5.74) is 2.07. The van der Waals surface area contributed by atoms with Gasteiger partial charge in [-0.05, 0) is 29.8 Å². The van der Waals surface area contributed by atoms with Crippen molar-refractivity contribution in [2.24, 2.45) is 0 Å². The minimum Gasteiger partial charge on any atom is -0.292 e. The third-order valence-corrected chi connectivity index (χ3v) is 3.96. The van der Waals surface area contributed by atoms with E-state index >= 15 is 0 Å². The first kappa shape index (κ1) is 14.9. The van der Waals surface area contributed by atoms with Gasteiger partial charge >= 0.3 is 0 Å². The zero-order valence-corrected chi connectivity index (χ0v) is 12.7. The maximum Gasteiger partial charge on any atom is 0.193 e. The Bertz CT molecular complexity index is 734. The summed E-state index contributed by atoms with van der Waals surface area (Å²) in [5.74, 6) is -0.670. The molecule has 0 spiro atoms. The second kappa shape index (κ2) is 6.42. The van der Waals surface area contributed by atoms with Crippen LogP contribution in [0.4, 0.5) is 4.39 Å². The molecule has 1 aliphatic rings. The summed E-state index contributed by atoms with van der Waals surface area (Å²) in [6.45, 7) is 2.68. The van der Waals surface area contributed by atoms with Gasteiger partial charge in [-0.3, -0.25) is 9.69 Å². The molecule has 0 aliphatic carbocycles. The van der Waals surface area contributed by atoms with Crippen LogP contribution in [0.15, 0.2) is 54.6 Å². The summed E-state index contributed by atoms with van der Waals surface area (Å²) < 4.78 is 13.2. The fourth-order valence-electron chi connectivity index (χ4n) is 2.52.